The maximum atomic E-state index is 14.9. The fraction of sp³-hybridized carbons (Fsp3) is 0.261. The van der Waals surface area contributed by atoms with Crippen molar-refractivity contribution in [2.45, 2.75) is 32.4 Å². The SMILES string of the molecule is CC(=O)CC[C@H]1CN(c2ccc(-c3ccc(Cn4cnc(N)c4)cc3)c(F)c2)C(=O)O1. The van der Waals surface area contributed by atoms with Crippen LogP contribution in [0.1, 0.15) is 25.3 Å². The van der Waals surface area contributed by atoms with Gasteiger partial charge in [0.1, 0.15) is 23.5 Å². The minimum absolute atomic E-state index is 0.0464. The molecule has 1 amide bonds. The molecule has 1 aliphatic rings. The van der Waals surface area contributed by atoms with Gasteiger partial charge in [0.05, 0.1) is 18.6 Å². The molecular weight excluding hydrogens is 399 g/mol. The lowest BCUT2D eigenvalue weighted by molar-refractivity contribution is -0.117. The molecule has 7 nitrogen and oxygen atoms in total. The standard InChI is InChI=1S/C23H23FN4O3/c1-15(29)2-8-19-12-28(23(30)31-19)18-7-9-20(21(24)10-18)17-5-3-16(4-6-17)11-27-13-22(25)26-14-27/h3-7,9-10,13-14,19H,2,8,11-12,25H2,1H3/t19-/m0/s1. The predicted octanol–water partition coefficient (Wildman–Crippen LogP) is 4.01. The number of halogens is 1. The molecule has 1 fully saturated rings. The van der Waals surface area contributed by atoms with Crippen LogP contribution < -0.4 is 10.6 Å². The molecule has 0 aliphatic carbocycles. The minimum atomic E-state index is -0.523. The summed E-state index contributed by atoms with van der Waals surface area (Å²) in [6.07, 6.45) is 3.35. The Morgan fingerprint density at radius 3 is 2.68 bits per heavy atom. The highest BCUT2D eigenvalue weighted by Gasteiger charge is 2.32. The molecule has 160 valence electrons. The zero-order valence-electron chi connectivity index (χ0n) is 17.1. The zero-order valence-corrected chi connectivity index (χ0v) is 17.1. The molecule has 0 spiro atoms. The highest BCUT2D eigenvalue weighted by molar-refractivity contribution is 5.90. The summed E-state index contributed by atoms with van der Waals surface area (Å²) in [5.41, 5.74) is 8.29. The van der Waals surface area contributed by atoms with Crippen LogP contribution in [0.3, 0.4) is 0 Å². The fourth-order valence-electron chi connectivity index (χ4n) is 3.62. The monoisotopic (exact) mass is 422 g/mol. The van der Waals surface area contributed by atoms with E-state index >= 15 is 0 Å². The number of benzene rings is 2. The summed E-state index contributed by atoms with van der Waals surface area (Å²) < 4.78 is 22.0. The quantitative estimate of drug-likeness (QED) is 0.621. The first-order valence-corrected chi connectivity index (χ1v) is 10.0. The van der Waals surface area contributed by atoms with Gasteiger partial charge in [0.15, 0.2) is 0 Å². The van der Waals surface area contributed by atoms with Crippen molar-refractivity contribution in [3.63, 3.8) is 0 Å². The van der Waals surface area contributed by atoms with Gasteiger partial charge in [-0.3, -0.25) is 4.90 Å². The third-order valence-corrected chi connectivity index (χ3v) is 5.24. The van der Waals surface area contributed by atoms with Gasteiger partial charge in [-0.1, -0.05) is 24.3 Å². The Hall–Kier alpha value is -3.68. The molecule has 1 aliphatic heterocycles. The number of hydrogen-bond donors (Lipinski definition) is 1. The lowest BCUT2D eigenvalue weighted by atomic mass is 10.0. The Morgan fingerprint density at radius 1 is 1.26 bits per heavy atom. The number of carbonyl (C=O) groups is 2. The number of anilines is 2. The molecule has 2 N–H and O–H groups in total. The van der Waals surface area contributed by atoms with Gasteiger partial charge in [0.25, 0.3) is 0 Å². The number of Topliss-reactive ketones (excluding diaryl/α,β-unsaturated/α-hetero) is 1. The van der Waals surface area contributed by atoms with Gasteiger partial charge in [-0.25, -0.2) is 14.2 Å². The predicted molar refractivity (Wildman–Crippen MR) is 115 cm³/mol. The average molecular weight is 422 g/mol. The van der Waals surface area contributed by atoms with Gasteiger partial charge >= 0.3 is 6.09 Å². The number of cyclic esters (lactones) is 1. The highest BCUT2D eigenvalue weighted by atomic mass is 19.1. The van der Waals surface area contributed by atoms with Crippen LogP contribution in [0.25, 0.3) is 11.1 Å². The van der Waals surface area contributed by atoms with Crippen molar-refractivity contribution in [3.8, 4) is 11.1 Å². The average Bonchev–Trinajstić information content (AvgIpc) is 3.32. The number of imidazole rings is 1. The number of carbonyl (C=O) groups excluding carboxylic acids is 2. The van der Waals surface area contributed by atoms with E-state index in [-0.39, 0.29) is 11.9 Å². The molecule has 0 radical (unpaired) electrons. The molecule has 0 bridgehead atoms. The topological polar surface area (TPSA) is 90.5 Å². The van der Waals surface area contributed by atoms with Crippen LogP contribution in [-0.4, -0.2) is 34.1 Å². The van der Waals surface area contributed by atoms with E-state index in [1.54, 1.807) is 24.7 Å². The molecular formula is C23H23FN4O3. The molecule has 0 unspecified atom stereocenters. The van der Waals surface area contributed by atoms with Gasteiger partial charge in [-0.15, -0.1) is 0 Å². The largest absolute Gasteiger partial charge is 0.444 e. The van der Waals surface area contributed by atoms with Crippen molar-refractivity contribution in [1.82, 2.24) is 9.55 Å². The fourth-order valence-corrected chi connectivity index (χ4v) is 3.62. The van der Waals surface area contributed by atoms with Crippen LogP contribution in [0.5, 0.6) is 0 Å². The van der Waals surface area contributed by atoms with E-state index in [4.69, 9.17) is 10.5 Å². The first kappa shape index (κ1) is 20.6. The van der Waals surface area contributed by atoms with Crippen molar-refractivity contribution in [2.24, 2.45) is 0 Å². The van der Waals surface area contributed by atoms with E-state index in [1.165, 1.54) is 17.9 Å². The lowest BCUT2D eigenvalue weighted by Gasteiger charge is -2.14. The van der Waals surface area contributed by atoms with Crippen LogP contribution in [0, 0.1) is 5.82 Å². The third kappa shape index (κ3) is 4.74. The van der Waals surface area contributed by atoms with Gasteiger partial charge < -0.3 is 19.8 Å². The van der Waals surface area contributed by atoms with E-state index in [9.17, 15) is 14.0 Å². The van der Waals surface area contributed by atoms with Crippen LogP contribution in [0.2, 0.25) is 0 Å². The normalized spacial score (nSPS) is 15.9. The van der Waals surface area contributed by atoms with Crippen LogP contribution in [0.15, 0.2) is 55.0 Å². The Kier molecular flexibility index (Phi) is 5.70. The Balaban J connectivity index is 1.46. The first-order valence-electron chi connectivity index (χ1n) is 10.0. The second-order valence-electron chi connectivity index (χ2n) is 7.69. The smallest absolute Gasteiger partial charge is 0.414 e. The summed E-state index contributed by atoms with van der Waals surface area (Å²) in [6.45, 7) is 2.43. The number of rotatable bonds is 7. The van der Waals surface area contributed by atoms with Gasteiger partial charge in [-0.2, -0.15) is 0 Å². The molecule has 31 heavy (non-hydrogen) atoms. The van der Waals surface area contributed by atoms with Crippen molar-refractivity contribution >= 4 is 23.4 Å². The second kappa shape index (κ2) is 8.59. The van der Waals surface area contributed by atoms with E-state index in [0.717, 1.165) is 11.1 Å². The first-order chi connectivity index (χ1) is 14.9. The minimum Gasteiger partial charge on any atom is -0.444 e. The van der Waals surface area contributed by atoms with Crippen molar-refractivity contribution in [1.29, 1.82) is 0 Å². The molecule has 2 heterocycles. The Bertz CT molecular complexity index is 1110. The molecule has 1 atom stereocenters. The van der Waals surface area contributed by atoms with E-state index in [0.29, 0.717) is 43.0 Å². The highest BCUT2D eigenvalue weighted by Crippen LogP contribution is 2.30. The lowest BCUT2D eigenvalue weighted by Crippen LogP contribution is -2.24. The van der Waals surface area contributed by atoms with E-state index in [1.807, 2.05) is 28.8 Å². The summed E-state index contributed by atoms with van der Waals surface area (Å²) in [4.78, 5) is 28.7. The molecule has 3 aromatic rings. The number of aromatic nitrogens is 2. The number of ether oxygens (including phenoxy) is 1. The van der Waals surface area contributed by atoms with Crippen LogP contribution >= 0.6 is 0 Å². The van der Waals surface area contributed by atoms with Crippen molar-refractivity contribution in [2.75, 3.05) is 17.2 Å². The maximum absolute atomic E-state index is 14.9. The molecule has 8 heteroatoms. The van der Waals surface area contributed by atoms with Crippen LogP contribution in [-0.2, 0) is 16.1 Å². The molecule has 1 aromatic heterocycles. The van der Waals surface area contributed by atoms with Gasteiger partial charge in [-0.05, 0) is 42.7 Å². The number of nitrogens with two attached hydrogens (primary N) is 1. The van der Waals surface area contributed by atoms with E-state index < -0.39 is 11.9 Å². The maximum Gasteiger partial charge on any atom is 0.414 e. The molecule has 2 aromatic carbocycles. The summed E-state index contributed by atoms with van der Waals surface area (Å²) in [5.74, 6) is 0.0866. The Labute approximate surface area is 179 Å². The zero-order chi connectivity index (χ0) is 22.0. The van der Waals surface area contributed by atoms with Crippen molar-refractivity contribution < 1.29 is 18.7 Å². The van der Waals surface area contributed by atoms with Gasteiger partial charge in [0, 0.05) is 24.7 Å². The number of ketones is 1. The summed E-state index contributed by atoms with van der Waals surface area (Å²) >= 11 is 0. The molecule has 1 saturated heterocycles. The van der Waals surface area contributed by atoms with Crippen LogP contribution in [0.4, 0.5) is 20.7 Å². The van der Waals surface area contributed by atoms with Gasteiger partial charge in [0.2, 0.25) is 0 Å². The number of amides is 1. The number of nitrogens with zero attached hydrogens (tertiary/aromatic N) is 3. The number of nitrogen functional groups attached to an aromatic ring is 1. The molecule has 0 saturated carbocycles. The summed E-state index contributed by atoms with van der Waals surface area (Å²) in [7, 11) is 0. The number of hydrogen-bond acceptors (Lipinski definition) is 5. The summed E-state index contributed by atoms with van der Waals surface area (Å²) in [5, 5.41) is 0. The molecule has 4 rings (SSSR count). The second-order valence-corrected chi connectivity index (χ2v) is 7.69. The Morgan fingerprint density at radius 2 is 2.03 bits per heavy atom. The third-order valence-electron chi connectivity index (χ3n) is 5.24. The summed E-state index contributed by atoms with van der Waals surface area (Å²) in [6, 6.07) is 12.3. The van der Waals surface area contributed by atoms with Crippen molar-refractivity contribution in [3.05, 3.63) is 66.4 Å². The van der Waals surface area contributed by atoms with E-state index in [2.05, 4.69) is 4.98 Å².